The van der Waals surface area contributed by atoms with E-state index < -0.39 is 5.60 Å². The maximum atomic E-state index is 10.8. The van der Waals surface area contributed by atoms with E-state index in [1.165, 1.54) is 4.88 Å². The minimum Gasteiger partial charge on any atom is -0.387 e. The minimum absolute atomic E-state index is 0. The topological polar surface area (TPSA) is 99.8 Å². The molecule has 2 aromatic heterocycles. The number of aryl methyl sites for hydroxylation is 1. The van der Waals surface area contributed by atoms with Crippen LogP contribution in [0.2, 0.25) is 0 Å². The first-order chi connectivity index (χ1) is 13.9. The molecule has 1 fully saturated rings. The number of guanidine groups is 1. The molecule has 0 radical (unpaired) electrons. The molecular formula is C19H32IN7O2S. The summed E-state index contributed by atoms with van der Waals surface area (Å²) >= 11 is 1.69. The van der Waals surface area contributed by atoms with Crippen molar-refractivity contribution in [1.29, 1.82) is 0 Å². The molecule has 1 saturated heterocycles. The fourth-order valence-corrected chi connectivity index (χ4v) is 3.71. The number of hydrogen-bond acceptors (Lipinski definition) is 7. The van der Waals surface area contributed by atoms with Gasteiger partial charge in [-0.05, 0) is 25.3 Å². The van der Waals surface area contributed by atoms with E-state index in [2.05, 4.69) is 42.2 Å². The van der Waals surface area contributed by atoms with Crippen molar-refractivity contribution in [3.05, 3.63) is 34.0 Å². The Hall–Kier alpha value is -1.28. The van der Waals surface area contributed by atoms with Crippen LogP contribution in [0, 0.1) is 6.92 Å². The van der Waals surface area contributed by atoms with Crippen molar-refractivity contribution in [3.8, 4) is 0 Å². The zero-order valence-corrected chi connectivity index (χ0v) is 20.9. The van der Waals surface area contributed by atoms with Gasteiger partial charge >= 0.3 is 0 Å². The number of ether oxygens (including phenoxy) is 1. The fourth-order valence-electron chi connectivity index (χ4n) is 3.07. The molecule has 3 rings (SSSR count). The first kappa shape index (κ1) is 25.0. The van der Waals surface area contributed by atoms with Crippen LogP contribution in [0.25, 0.3) is 0 Å². The molecule has 1 atom stereocenters. The van der Waals surface area contributed by atoms with Crippen LogP contribution in [0.5, 0.6) is 0 Å². The number of nitrogens with one attached hydrogen (secondary N) is 2. The number of aliphatic hydroxyl groups is 1. The SMILES string of the molecule is Cc1nnc(CN=C(NCc2cccs2)NCC(C)(O)CN2CCOCC2)n1C.I. The number of morpholine rings is 1. The molecule has 3 heterocycles. The summed E-state index contributed by atoms with van der Waals surface area (Å²) in [4.78, 5) is 8.09. The number of hydrogen-bond donors (Lipinski definition) is 3. The largest absolute Gasteiger partial charge is 0.387 e. The molecule has 1 aliphatic heterocycles. The molecule has 0 saturated carbocycles. The second kappa shape index (κ2) is 11.9. The fraction of sp³-hybridized carbons (Fsp3) is 0.632. The van der Waals surface area contributed by atoms with Gasteiger partial charge in [0.25, 0.3) is 0 Å². The summed E-state index contributed by atoms with van der Waals surface area (Å²) in [6.45, 7) is 8.94. The van der Waals surface area contributed by atoms with Gasteiger partial charge in [-0.25, -0.2) is 4.99 Å². The molecule has 11 heteroatoms. The van der Waals surface area contributed by atoms with E-state index >= 15 is 0 Å². The summed E-state index contributed by atoms with van der Waals surface area (Å²) in [7, 11) is 1.93. The third-order valence-electron chi connectivity index (χ3n) is 4.88. The van der Waals surface area contributed by atoms with E-state index in [0.29, 0.717) is 32.1 Å². The summed E-state index contributed by atoms with van der Waals surface area (Å²) in [5.41, 5.74) is -0.885. The maximum Gasteiger partial charge on any atom is 0.192 e. The van der Waals surface area contributed by atoms with Gasteiger partial charge in [-0.15, -0.1) is 45.5 Å². The van der Waals surface area contributed by atoms with Crippen LogP contribution in [0.3, 0.4) is 0 Å². The number of β-amino-alcohol motifs (C(OH)–C–C–N with tert-alkyl or cyclic N) is 1. The Morgan fingerprint density at radius 2 is 2.10 bits per heavy atom. The van der Waals surface area contributed by atoms with Gasteiger partial charge in [0.05, 0.1) is 25.4 Å². The third kappa shape index (κ3) is 7.76. The Balaban J connectivity index is 0.00000320. The van der Waals surface area contributed by atoms with E-state index in [1.54, 1.807) is 11.3 Å². The highest BCUT2D eigenvalue weighted by Crippen LogP contribution is 2.09. The van der Waals surface area contributed by atoms with E-state index in [1.807, 2.05) is 31.5 Å². The lowest BCUT2D eigenvalue weighted by atomic mass is 10.1. The predicted octanol–water partition coefficient (Wildman–Crippen LogP) is 1.12. The third-order valence-corrected chi connectivity index (χ3v) is 5.75. The molecule has 0 bridgehead atoms. The van der Waals surface area contributed by atoms with Crippen LogP contribution in [0.4, 0.5) is 0 Å². The molecule has 1 aliphatic rings. The Labute approximate surface area is 199 Å². The van der Waals surface area contributed by atoms with Gasteiger partial charge in [0.15, 0.2) is 11.8 Å². The van der Waals surface area contributed by atoms with Crippen molar-refractivity contribution in [2.75, 3.05) is 39.4 Å². The van der Waals surface area contributed by atoms with Gasteiger partial charge in [0, 0.05) is 38.1 Å². The first-order valence-corrected chi connectivity index (χ1v) is 10.7. The molecule has 3 N–H and O–H groups in total. The lowest BCUT2D eigenvalue weighted by Gasteiger charge is -2.34. The van der Waals surface area contributed by atoms with Crippen LogP contribution in [0.15, 0.2) is 22.5 Å². The standard InChI is InChI=1S/C19H31N7O2S.HI/c1-15-23-24-17(25(15)3)12-21-18(20-11-16-5-4-10-29-16)22-13-19(2,27)14-26-6-8-28-9-7-26;/h4-5,10,27H,6-9,11-14H2,1-3H3,(H2,20,21,22);1H. The molecule has 0 amide bonds. The molecule has 1 unspecified atom stereocenters. The zero-order chi connectivity index (χ0) is 20.7. The Bertz CT molecular complexity index is 789. The van der Waals surface area contributed by atoms with Gasteiger partial charge < -0.3 is 25.0 Å². The van der Waals surface area contributed by atoms with Gasteiger partial charge in [0.1, 0.15) is 12.4 Å². The molecule has 0 spiro atoms. The highest BCUT2D eigenvalue weighted by Gasteiger charge is 2.25. The predicted molar refractivity (Wildman–Crippen MR) is 129 cm³/mol. The Morgan fingerprint density at radius 1 is 1.33 bits per heavy atom. The normalized spacial score (nSPS) is 17.3. The molecule has 30 heavy (non-hydrogen) atoms. The zero-order valence-electron chi connectivity index (χ0n) is 17.8. The van der Waals surface area contributed by atoms with Crippen molar-refractivity contribution in [3.63, 3.8) is 0 Å². The van der Waals surface area contributed by atoms with Crippen molar-refractivity contribution in [2.24, 2.45) is 12.0 Å². The molecule has 2 aromatic rings. The van der Waals surface area contributed by atoms with Crippen LogP contribution in [0.1, 0.15) is 23.4 Å². The van der Waals surface area contributed by atoms with E-state index in [4.69, 9.17) is 4.74 Å². The Morgan fingerprint density at radius 3 is 2.73 bits per heavy atom. The molecular weight excluding hydrogens is 517 g/mol. The summed E-state index contributed by atoms with van der Waals surface area (Å²) in [5.74, 6) is 2.28. The van der Waals surface area contributed by atoms with Gasteiger partial charge in [0.2, 0.25) is 0 Å². The lowest BCUT2D eigenvalue weighted by molar-refractivity contribution is -0.0201. The quantitative estimate of drug-likeness (QED) is 0.258. The van der Waals surface area contributed by atoms with Crippen molar-refractivity contribution >= 4 is 41.3 Å². The average Bonchev–Trinajstić information content (AvgIpc) is 3.33. The number of halogens is 1. The lowest BCUT2D eigenvalue weighted by Crippen LogP contribution is -2.52. The van der Waals surface area contributed by atoms with Gasteiger partial charge in [-0.2, -0.15) is 0 Å². The number of nitrogens with zero attached hydrogens (tertiary/aromatic N) is 5. The summed E-state index contributed by atoms with van der Waals surface area (Å²) < 4.78 is 7.31. The minimum atomic E-state index is -0.885. The van der Waals surface area contributed by atoms with Crippen molar-refractivity contribution in [1.82, 2.24) is 30.3 Å². The summed E-state index contributed by atoms with van der Waals surface area (Å²) in [5, 5.41) is 27.8. The Kier molecular flexibility index (Phi) is 9.94. The average molecular weight is 549 g/mol. The second-order valence-corrected chi connectivity index (χ2v) is 8.59. The first-order valence-electron chi connectivity index (χ1n) is 9.85. The summed E-state index contributed by atoms with van der Waals surface area (Å²) in [6.07, 6.45) is 0. The van der Waals surface area contributed by atoms with E-state index in [0.717, 1.165) is 38.0 Å². The molecule has 9 nitrogen and oxygen atoms in total. The van der Waals surface area contributed by atoms with Crippen LogP contribution < -0.4 is 10.6 Å². The second-order valence-electron chi connectivity index (χ2n) is 7.56. The smallest absolute Gasteiger partial charge is 0.192 e. The van der Waals surface area contributed by atoms with Gasteiger partial charge in [-0.3, -0.25) is 4.90 Å². The number of aromatic nitrogens is 3. The van der Waals surface area contributed by atoms with Crippen molar-refractivity contribution < 1.29 is 9.84 Å². The highest BCUT2D eigenvalue weighted by atomic mass is 127. The van der Waals surface area contributed by atoms with E-state index in [9.17, 15) is 5.11 Å². The van der Waals surface area contributed by atoms with Gasteiger partial charge in [-0.1, -0.05) is 6.07 Å². The van der Waals surface area contributed by atoms with Crippen LogP contribution >= 0.6 is 35.3 Å². The monoisotopic (exact) mass is 549 g/mol. The molecule has 0 aromatic carbocycles. The molecule has 168 valence electrons. The number of aliphatic imine (C=N–C) groups is 1. The van der Waals surface area contributed by atoms with Crippen LogP contribution in [-0.2, 0) is 24.9 Å². The van der Waals surface area contributed by atoms with E-state index in [-0.39, 0.29) is 24.0 Å². The maximum absolute atomic E-state index is 10.8. The molecule has 0 aliphatic carbocycles. The van der Waals surface area contributed by atoms with Crippen molar-refractivity contribution in [2.45, 2.75) is 32.5 Å². The number of thiophene rings is 1. The summed E-state index contributed by atoms with van der Waals surface area (Å²) in [6, 6.07) is 4.11. The van der Waals surface area contributed by atoms with Crippen LogP contribution in [-0.4, -0.2) is 75.7 Å². The highest BCUT2D eigenvalue weighted by molar-refractivity contribution is 14.0. The number of rotatable bonds is 8.